The van der Waals surface area contributed by atoms with E-state index >= 15 is 0 Å². The number of pyridine rings is 1. The van der Waals surface area contributed by atoms with Gasteiger partial charge in [0.25, 0.3) is 0 Å². The standard InChI is InChI=1S/C12H12BrN7O/c1-18(21)8-4-19(5-8)11-12-17-15-6-20(12)9-2-7(13)3-14-10(9)16-11/h2-3,6,8,21H,4-5H2,1H3. The van der Waals surface area contributed by atoms with Crippen LogP contribution >= 0.6 is 15.9 Å². The molecule has 0 spiro atoms. The zero-order chi connectivity index (χ0) is 14.6. The van der Waals surface area contributed by atoms with Gasteiger partial charge in [-0.25, -0.2) is 9.97 Å². The molecule has 9 heteroatoms. The maximum atomic E-state index is 9.45. The van der Waals surface area contributed by atoms with E-state index in [0.717, 1.165) is 15.8 Å². The van der Waals surface area contributed by atoms with E-state index in [2.05, 4.69) is 41.0 Å². The summed E-state index contributed by atoms with van der Waals surface area (Å²) in [5.74, 6) is 0.743. The number of fused-ring (bicyclic) bond motifs is 3. The summed E-state index contributed by atoms with van der Waals surface area (Å²) in [6.07, 6.45) is 3.38. The van der Waals surface area contributed by atoms with Crippen molar-refractivity contribution in [3.05, 3.63) is 23.1 Å². The normalized spacial score (nSPS) is 16.1. The van der Waals surface area contributed by atoms with Crippen LogP contribution in [0.5, 0.6) is 0 Å². The van der Waals surface area contributed by atoms with E-state index in [0.29, 0.717) is 24.4 Å². The molecule has 1 aliphatic heterocycles. The second-order valence-electron chi connectivity index (χ2n) is 5.09. The van der Waals surface area contributed by atoms with Crippen LogP contribution in [0.3, 0.4) is 0 Å². The molecule has 3 aromatic heterocycles. The van der Waals surface area contributed by atoms with Crippen molar-refractivity contribution in [1.29, 1.82) is 0 Å². The van der Waals surface area contributed by atoms with E-state index in [1.54, 1.807) is 19.6 Å². The quantitative estimate of drug-likeness (QED) is 0.689. The number of anilines is 1. The van der Waals surface area contributed by atoms with Crippen LogP contribution in [0.2, 0.25) is 0 Å². The minimum Gasteiger partial charge on any atom is -0.350 e. The molecule has 0 aliphatic carbocycles. The van der Waals surface area contributed by atoms with Gasteiger partial charge in [-0.1, -0.05) is 0 Å². The van der Waals surface area contributed by atoms with Crippen LogP contribution in [0, 0.1) is 0 Å². The first-order chi connectivity index (χ1) is 10.1. The van der Waals surface area contributed by atoms with E-state index in [1.807, 2.05) is 10.5 Å². The highest BCUT2D eigenvalue weighted by Gasteiger charge is 2.32. The number of likely N-dealkylation sites (N-methyl/N-ethyl adjacent to an activating group) is 1. The van der Waals surface area contributed by atoms with Crippen LogP contribution in [0.4, 0.5) is 5.82 Å². The molecule has 1 aliphatic rings. The second-order valence-corrected chi connectivity index (χ2v) is 6.00. The highest BCUT2D eigenvalue weighted by Crippen LogP contribution is 2.27. The molecule has 21 heavy (non-hydrogen) atoms. The molecule has 0 radical (unpaired) electrons. The van der Waals surface area contributed by atoms with Crippen molar-refractivity contribution >= 4 is 38.6 Å². The fourth-order valence-corrected chi connectivity index (χ4v) is 2.79. The predicted octanol–water partition coefficient (Wildman–Crippen LogP) is 0.945. The van der Waals surface area contributed by atoms with Crippen molar-refractivity contribution in [3.63, 3.8) is 0 Å². The van der Waals surface area contributed by atoms with Crippen LogP contribution in [0.25, 0.3) is 16.8 Å². The first-order valence-electron chi connectivity index (χ1n) is 6.45. The molecule has 4 rings (SSSR count). The number of hydroxylamine groups is 2. The summed E-state index contributed by atoms with van der Waals surface area (Å²) < 4.78 is 2.76. The Labute approximate surface area is 128 Å². The molecule has 1 N–H and O–H groups in total. The van der Waals surface area contributed by atoms with Gasteiger partial charge in [-0.05, 0) is 22.0 Å². The Morgan fingerprint density at radius 1 is 1.43 bits per heavy atom. The molecule has 0 aromatic carbocycles. The molecule has 0 saturated carbocycles. The summed E-state index contributed by atoms with van der Waals surface area (Å²) >= 11 is 3.41. The molecule has 108 valence electrons. The molecular formula is C12H12BrN7O. The van der Waals surface area contributed by atoms with Crippen LogP contribution in [-0.2, 0) is 0 Å². The van der Waals surface area contributed by atoms with Gasteiger partial charge in [0.1, 0.15) is 6.33 Å². The molecular weight excluding hydrogens is 338 g/mol. The summed E-state index contributed by atoms with van der Waals surface area (Å²) in [5, 5.41) is 18.8. The number of halogens is 1. The molecule has 0 atom stereocenters. The lowest BCUT2D eigenvalue weighted by Crippen LogP contribution is -2.58. The van der Waals surface area contributed by atoms with E-state index < -0.39 is 0 Å². The Hall–Kier alpha value is -1.84. The lowest BCUT2D eigenvalue weighted by Gasteiger charge is -2.42. The number of rotatable bonds is 2. The van der Waals surface area contributed by atoms with Gasteiger partial charge in [-0.3, -0.25) is 4.40 Å². The minimum atomic E-state index is 0.114. The van der Waals surface area contributed by atoms with Crippen LogP contribution < -0.4 is 4.90 Å². The first-order valence-corrected chi connectivity index (χ1v) is 7.24. The third-order valence-corrected chi connectivity index (χ3v) is 4.16. The molecule has 0 unspecified atom stereocenters. The molecule has 3 aromatic rings. The average Bonchev–Trinajstić information content (AvgIpc) is 2.86. The zero-order valence-electron chi connectivity index (χ0n) is 11.2. The number of hydrogen-bond donors (Lipinski definition) is 1. The summed E-state index contributed by atoms with van der Waals surface area (Å²) in [7, 11) is 1.65. The molecule has 0 amide bonds. The SMILES string of the molecule is CN(O)C1CN(c2nc3ncc(Br)cc3n3cnnc23)C1. The summed E-state index contributed by atoms with van der Waals surface area (Å²) in [6, 6.07) is 2.05. The van der Waals surface area contributed by atoms with E-state index in [-0.39, 0.29) is 6.04 Å². The van der Waals surface area contributed by atoms with Gasteiger partial charge in [-0.2, -0.15) is 5.06 Å². The van der Waals surface area contributed by atoms with Crippen LogP contribution in [-0.4, -0.2) is 61.0 Å². The van der Waals surface area contributed by atoms with Gasteiger partial charge in [0.15, 0.2) is 11.5 Å². The fourth-order valence-electron chi connectivity index (χ4n) is 2.48. The summed E-state index contributed by atoms with van der Waals surface area (Å²) in [4.78, 5) is 11.0. The fraction of sp³-hybridized carbons (Fsp3) is 0.333. The summed E-state index contributed by atoms with van der Waals surface area (Å²) in [6.45, 7) is 1.40. The molecule has 4 heterocycles. The van der Waals surface area contributed by atoms with Crippen LogP contribution in [0.15, 0.2) is 23.1 Å². The smallest absolute Gasteiger partial charge is 0.204 e. The van der Waals surface area contributed by atoms with E-state index in [4.69, 9.17) is 0 Å². The Morgan fingerprint density at radius 2 is 2.24 bits per heavy atom. The molecule has 0 bridgehead atoms. The Bertz CT molecular complexity index is 827. The highest BCUT2D eigenvalue weighted by molar-refractivity contribution is 9.10. The van der Waals surface area contributed by atoms with Crippen molar-refractivity contribution in [2.75, 3.05) is 25.0 Å². The maximum absolute atomic E-state index is 9.45. The van der Waals surface area contributed by atoms with E-state index in [1.165, 1.54) is 5.06 Å². The summed E-state index contributed by atoms with van der Waals surface area (Å²) in [5.41, 5.74) is 2.19. The average molecular weight is 350 g/mol. The minimum absolute atomic E-state index is 0.114. The topological polar surface area (TPSA) is 82.7 Å². The Morgan fingerprint density at radius 3 is 3.00 bits per heavy atom. The van der Waals surface area contributed by atoms with Crippen molar-refractivity contribution in [3.8, 4) is 0 Å². The number of nitrogens with zero attached hydrogens (tertiary/aromatic N) is 7. The van der Waals surface area contributed by atoms with Gasteiger partial charge < -0.3 is 10.1 Å². The Balaban J connectivity index is 1.85. The van der Waals surface area contributed by atoms with Crippen LogP contribution in [0.1, 0.15) is 0 Å². The third kappa shape index (κ3) is 1.96. The number of hydrogen-bond acceptors (Lipinski definition) is 7. The highest BCUT2D eigenvalue weighted by atomic mass is 79.9. The second kappa shape index (κ2) is 4.58. The zero-order valence-corrected chi connectivity index (χ0v) is 12.8. The van der Waals surface area contributed by atoms with Crippen molar-refractivity contribution in [2.45, 2.75) is 6.04 Å². The lowest BCUT2D eigenvalue weighted by atomic mass is 10.1. The van der Waals surface area contributed by atoms with Gasteiger partial charge in [0.2, 0.25) is 5.65 Å². The predicted molar refractivity (Wildman–Crippen MR) is 79.3 cm³/mol. The molecule has 8 nitrogen and oxygen atoms in total. The van der Waals surface area contributed by atoms with Gasteiger partial charge in [0.05, 0.1) is 11.6 Å². The number of aromatic nitrogens is 5. The molecule has 1 fully saturated rings. The largest absolute Gasteiger partial charge is 0.350 e. The molecule has 1 saturated heterocycles. The van der Waals surface area contributed by atoms with Crippen molar-refractivity contribution in [2.24, 2.45) is 0 Å². The monoisotopic (exact) mass is 349 g/mol. The lowest BCUT2D eigenvalue weighted by molar-refractivity contribution is -0.109. The van der Waals surface area contributed by atoms with Crippen molar-refractivity contribution < 1.29 is 5.21 Å². The van der Waals surface area contributed by atoms with Gasteiger partial charge in [-0.15, -0.1) is 10.2 Å². The van der Waals surface area contributed by atoms with Gasteiger partial charge >= 0.3 is 0 Å². The van der Waals surface area contributed by atoms with Crippen molar-refractivity contribution in [1.82, 2.24) is 29.6 Å². The van der Waals surface area contributed by atoms with E-state index in [9.17, 15) is 5.21 Å². The third-order valence-electron chi connectivity index (χ3n) is 3.72. The first kappa shape index (κ1) is 12.9. The van der Waals surface area contributed by atoms with Gasteiger partial charge in [0, 0.05) is 30.8 Å². The maximum Gasteiger partial charge on any atom is 0.204 e. The Kier molecular flexibility index (Phi) is 2.81.